The normalized spacial score (nSPS) is 11.1. The van der Waals surface area contributed by atoms with Gasteiger partial charge in [0.05, 0.1) is 0 Å². The molecule has 18 heavy (non-hydrogen) atoms. The number of hydrogen-bond donors (Lipinski definition) is 0. The smallest absolute Gasteiger partial charge is 0.132 e. The maximum Gasteiger partial charge on any atom is 0.132 e. The van der Waals surface area contributed by atoms with Gasteiger partial charge in [0.25, 0.3) is 0 Å². The van der Waals surface area contributed by atoms with Gasteiger partial charge < -0.3 is 0 Å². The first-order valence-electron chi connectivity index (χ1n) is 7.40. The van der Waals surface area contributed by atoms with Crippen molar-refractivity contribution in [2.45, 2.75) is 71.1 Å². The molecule has 0 spiro atoms. The van der Waals surface area contributed by atoms with Crippen LogP contribution in [0.2, 0.25) is 5.15 Å². The molecule has 0 bridgehead atoms. The van der Waals surface area contributed by atoms with Crippen molar-refractivity contribution < 1.29 is 0 Å². The summed E-state index contributed by atoms with van der Waals surface area (Å²) in [4.78, 5) is 4.22. The monoisotopic (exact) mass is 267 g/mol. The van der Waals surface area contributed by atoms with Crippen LogP contribution in [0.25, 0.3) is 0 Å². The first kappa shape index (κ1) is 15.5. The van der Waals surface area contributed by atoms with Gasteiger partial charge in [-0.05, 0) is 30.4 Å². The molecule has 0 saturated heterocycles. The van der Waals surface area contributed by atoms with Gasteiger partial charge in [-0.25, -0.2) is 4.98 Å². The van der Waals surface area contributed by atoms with E-state index in [2.05, 4.69) is 24.9 Å². The summed E-state index contributed by atoms with van der Waals surface area (Å²) in [5, 5.41) is 0.704. The quantitative estimate of drug-likeness (QED) is 0.396. The van der Waals surface area contributed by atoms with E-state index in [9.17, 15) is 0 Å². The van der Waals surface area contributed by atoms with Crippen LogP contribution >= 0.6 is 11.6 Å². The average molecular weight is 268 g/mol. The van der Waals surface area contributed by atoms with Gasteiger partial charge in [-0.2, -0.15) is 0 Å². The van der Waals surface area contributed by atoms with Gasteiger partial charge in [0, 0.05) is 6.20 Å². The van der Waals surface area contributed by atoms with E-state index in [1.165, 1.54) is 56.9 Å². The number of halogens is 1. The molecule has 0 N–H and O–H groups in total. The Morgan fingerprint density at radius 3 is 2.17 bits per heavy atom. The Morgan fingerprint density at radius 1 is 1.06 bits per heavy atom. The van der Waals surface area contributed by atoms with Crippen LogP contribution in [0.15, 0.2) is 18.3 Å². The van der Waals surface area contributed by atoms with Crippen LogP contribution in [-0.4, -0.2) is 4.98 Å². The molecular weight excluding hydrogens is 242 g/mol. The van der Waals surface area contributed by atoms with Crippen LogP contribution in [0, 0.1) is 0 Å². The van der Waals surface area contributed by atoms with Crippen molar-refractivity contribution >= 4 is 11.6 Å². The summed E-state index contributed by atoms with van der Waals surface area (Å²) in [5.41, 5.74) is 1.26. The summed E-state index contributed by atoms with van der Waals surface area (Å²) in [7, 11) is 0. The first-order chi connectivity index (χ1) is 8.79. The zero-order valence-corrected chi connectivity index (χ0v) is 12.5. The second-order valence-electron chi connectivity index (χ2n) is 5.07. The standard InChI is InChI=1S/C16H26ClN/c1-3-5-7-10-14(11-8-6-4-2)15-12-9-13-18-16(15)17/h9,12-14H,3-8,10-11H2,1-2H3. The van der Waals surface area contributed by atoms with E-state index in [1.54, 1.807) is 6.20 Å². The molecular formula is C16H26ClN. The van der Waals surface area contributed by atoms with E-state index in [0.29, 0.717) is 11.1 Å². The molecule has 1 aromatic rings. The van der Waals surface area contributed by atoms with E-state index in [4.69, 9.17) is 11.6 Å². The van der Waals surface area contributed by atoms with E-state index in [1.807, 2.05) is 6.07 Å². The maximum atomic E-state index is 6.23. The van der Waals surface area contributed by atoms with Gasteiger partial charge >= 0.3 is 0 Å². The van der Waals surface area contributed by atoms with Crippen LogP contribution in [0.5, 0.6) is 0 Å². The summed E-state index contributed by atoms with van der Waals surface area (Å²) in [5.74, 6) is 0.601. The van der Waals surface area contributed by atoms with Crippen molar-refractivity contribution in [3.05, 3.63) is 29.0 Å². The first-order valence-corrected chi connectivity index (χ1v) is 7.77. The molecule has 0 unspecified atom stereocenters. The number of nitrogens with zero attached hydrogens (tertiary/aromatic N) is 1. The largest absolute Gasteiger partial charge is 0.244 e. The van der Waals surface area contributed by atoms with Crippen molar-refractivity contribution in [1.82, 2.24) is 4.98 Å². The minimum Gasteiger partial charge on any atom is -0.244 e. The van der Waals surface area contributed by atoms with Crippen molar-refractivity contribution in [3.63, 3.8) is 0 Å². The van der Waals surface area contributed by atoms with Crippen LogP contribution < -0.4 is 0 Å². The van der Waals surface area contributed by atoms with Crippen molar-refractivity contribution in [3.8, 4) is 0 Å². The fraction of sp³-hybridized carbons (Fsp3) is 0.688. The molecule has 102 valence electrons. The Kier molecular flexibility index (Phi) is 8.08. The van der Waals surface area contributed by atoms with E-state index < -0.39 is 0 Å². The summed E-state index contributed by atoms with van der Waals surface area (Å²) in [6.45, 7) is 4.51. The predicted octanol–water partition coefficient (Wildman–Crippen LogP) is 5.98. The van der Waals surface area contributed by atoms with Crippen LogP contribution in [0.4, 0.5) is 0 Å². The molecule has 0 atom stereocenters. The van der Waals surface area contributed by atoms with Gasteiger partial charge in [-0.1, -0.05) is 70.0 Å². The summed E-state index contributed by atoms with van der Waals surface area (Å²) in [6, 6.07) is 4.16. The highest BCUT2D eigenvalue weighted by atomic mass is 35.5. The zero-order chi connectivity index (χ0) is 13.2. The number of unbranched alkanes of at least 4 members (excludes halogenated alkanes) is 4. The number of rotatable bonds is 9. The predicted molar refractivity (Wildman–Crippen MR) is 80.3 cm³/mol. The SMILES string of the molecule is CCCCCC(CCCCC)c1cccnc1Cl. The molecule has 0 aliphatic rings. The molecule has 0 aliphatic heterocycles. The Hall–Kier alpha value is -0.560. The Labute approximate surface area is 117 Å². The van der Waals surface area contributed by atoms with Crippen LogP contribution in [-0.2, 0) is 0 Å². The van der Waals surface area contributed by atoms with Gasteiger partial charge in [0.1, 0.15) is 5.15 Å². The third kappa shape index (κ3) is 5.39. The summed E-state index contributed by atoms with van der Waals surface area (Å²) in [6.07, 6.45) is 12.1. The van der Waals surface area contributed by atoms with Gasteiger partial charge in [-0.3, -0.25) is 0 Å². The van der Waals surface area contributed by atoms with Crippen LogP contribution in [0.3, 0.4) is 0 Å². The molecule has 1 aromatic heterocycles. The molecule has 0 fully saturated rings. The molecule has 1 rings (SSSR count). The van der Waals surface area contributed by atoms with Gasteiger partial charge in [0.15, 0.2) is 0 Å². The van der Waals surface area contributed by atoms with Crippen LogP contribution in [0.1, 0.15) is 76.7 Å². The topological polar surface area (TPSA) is 12.9 Å². The second kappa shape index (κ2) is 9.38. The molecule has 0 aromatic carbocycles. The molecule has 2 heteroatoms. The highest BCUT2D eigenvalue weighted by Gasteiger charge is 2.14. The zero-order valence-electron chi connectivity index (χ0n) is 11.8. The Morgan fingerprint density at radius 2 is 1.67 bits per heavy atom. The van der Waals surface area contributed by atoms with E-state index >= 15 is 0 Å². The fourth-order valence-electron chi connectivity index (χ4n) is 2.44. The lowest BCUT2D eigenvalue weighted by Crippen LogP contribution is -2.01. The molecule has 0 amide bonds. The minimum atomic E-state index is 0.601. The Bertz CT molecular complexity index is 315. The number of aromatic nitrogens is 1. The Balaban J connectivity index is 2.60. The average Bonchev–Trinajstić information content (AvgIpc) is 2.38. The van der Waals surface area contributed by atoms with Gasteiger partial charge in [-0.15, -0.1) is 0 Å². The summed E-state index contributed by atoms with van der Waals surface area (Å²) >= 11 is 6.23. The minimum absolute atomic E-state index is 0.601. The lowest BCUT2D eigenvalue weighted by atomic mass is 9.89. The third-order valence-corrected chi connectivity index (χ3v) is 3.86. The second-order valence-corrected chi connectivity index (χ2v) is 5.43. The number of pyridine rings is 1. The van der Waals surface area contributed by atoms with Crippen molar-refractivity contribution in [1.29, 1.82) is 0 Å². The van der Waals surface area contributed by atoms with E-state index in [0.717, 1.165) is 0 Å². The van der Waals surface area contributed by atoms with E-state index in [-0.39, 0.29) is 0 Å². The molecule has 1 heterocycles. The number of hydrogen-bond acceptors (Lipinski definition) is 1. The molecule has 0 saturated carbocycles. The van der Waals surface area contributed by atoms with Crippen molar-refractivity contribution in [2.24, 2.45) is 0 Å². The summed E-state index contributed by atoms with van der Waals surface area (Å²) < 4.78 is 0. The lowest BCUT2D eigenvalue weighted by Gasteiger charge is -2.18. The van der Waals surface area contributed by atoms with Crippen molar-refractivity contribution in [2.75, 3.05) is 0 Å². The molecule has 0 radical (unpaired) electrons. The highest BCUT2D eigenvalue weighted by molar-refractivity contribution is 6.30. The molecule has 1 nitrogen and oxygen atoms in total. The lowest BCUT2D eigenvalue weighted by molar-refractivity contribution is 0.506. The highest BCUT2D eigenvalue weighted by Crippen LogP contribution is 2.31. The molecule has 0 aliphatic carbocycles. The maximum absolute atomic E-state index is 6.23. The van der Waals surface area contributed by atoms with Gasteiger partial charge in [0.2, 0.25) is 0 Å². The third-order valence-electron chi connectivity index (χ3n) is 3.54. The fourth-order valence-corrected chi connectivity index (χ4v) is 2.71.